The van der Waals surface area contributed by atoms with E-state index in [-0.39, 0.29) is 25.7 Å². The number of phosphoric acid groups is 1. The molecule has 8 nitrogen and oxygen atoms in total. The molecule has 0 heterocycles. The number of unbranched alkanes of at least 4 members (excludes halogenated alkanes) is 24. The van der Waals surface area contributed by atoms with Crippen molar-refractivity contribution in [1.82, 2.24) is 5.32 Å². The van der Waals surface area contributed by atoms with Crippen LogP contribution < -0.4 is 11.1 Å². The summed E-state index contributed by atoms with van der Waals surface area (Å²) in [4.78, 5) is 22.6. The molecule has 9 heteroatoms. The van der Waals surface area contributed by atoms with E-state index >= 15 is 0 Å². The highest BCUT2D eigenvalue weighted by Gasteiger charge is 2.27. The number of nitrogens with one attached hydrogen (secondary N) is 1. The Morgan fingerprint density at radius 1 is 0.667 bits per heavy atom. The van der Waals surface area contributed by atoms with Crippen molar-refractivity contribution in [3.8, 4) is 0 Å². The molecule has 1 amide bonds. The number of hydrogen-bond donors (Lipinski definition) is 4. The number of phosphoric ester groups is 1. The predicted molar refractivity (Wildman–Crippen MR) is 203 cm³/mol. The Hall–Kier alpha value is -0.760. The molecule has 0 aliphatic heterocycles. The third kappa shape index (κ3) is 33.7. The Morgan fingerprint density at radius 3 is 1.58 bits per heavy atom. The first-order valence-electron chi connectivity index (χ1n) is 20.3. The molecule has 0 aliphatic carbocycles. The fourth-order valence-corrected chi connectivity index (χ4v) is 6.77. The minimum absolute atomic E-state index is 0.0890. The summed E-state index contributed by atoms with van der Waals surface area (Å²) in [6, 6.07) is -0.773. The van der Waals surface area contributed by atoms with Crippen molar-refractivity contribution in [3.63, 3.8) is 0 Å². The standard InChI is InChI=1S/C39H79N2O6P/c1-3-5-7-9-11-13-15-17-18-19-20-21-22-24-26-28-30-32-38(42)37(36-47-48(44,45)46-35-34-40)41-39(43)33-31-29-27-25-23-16-14-12-10-8-6-4-2/h12,14,37-38,42H,3-11,13,15-36,40H2,1-2H3,(H,41,43)(H,44,45)/b14-12-. The molecule has 0 rings (SSSR count). The van der Waals surface area contributed by atoms with Crippen LogP contribution >= 0.6 is 7.82 Å². The van der Waals surface area contributed by atoms with Gasteiger partial charge in [-0.15, -0.1) is 0 Å². The summed E-state index contributed by atoms with van der Waals surface area (Å²) in [6.07, 6.45) is 37.8. The van der Waals surface area contributed by atoms with Crippen LogP contribution in [-0.4, -0.2) is 47.8 Å². The molecule has 5 N–H and O–H groups in total. The van der Waals surface area contributed by atoms with Crippen LogP contribution in [0.3, 0.4) is 0 Å². The van der Waals surface area contributed by atoms with Crippen molar-refractivity contribution in [1.29, 1.82) is 0 Å². The first-order valence-corrected chi connectivity index (χ1v) is 21.8. The molecule has 0 saturated heterocycles. The van der Waals surface area contributed by atoms with E-state index in [0.717, 1.165) is 51.4 Å². The van der Waals surface area contributed by atoms with E-state index in [9.17, 15) is 19.4 Å². The smallest absolute Gasteiger partial charge is 0.391 e. The molecule has 3 atom stereocenters. The van der Waals surface area contributed by atoms with Gasteiger partial charge >= 0.3 is 7.82 Å². The third-order valence-corrected chi connectivity index (χ3v) is 10.1. The van der Waals surface area contributed by atoms with Crippen LogP contribution in [0, 0.1) is 0 Å². The van der Waals surface area contributed by atoms with E-state index in [1.165, 1.54) is 122 Å². The SMILES string of the molecule is CCCCC/C=C\CCCCCCCC(=O)NC(COP(=O)(O)OCCN)C(O)CCCCCCCCCCCCCCCCCCC. The molecule has 0 aromatic heterocycles. The summed E-state index contributed by atoms with van der Waals surface area (Å²) in [5.41, 5.74) is 5.37. The normalized spacial score (nSPS) is 14.4. The van der Waals surface area contributed by atoms with E-state index in [0.29, 0.717) is 12.8 Å². The number of allylic oxidation sites excluding steroid dienone is 2. The highest BCUT2D eigenvalue weighted by Crippen LogP contribution is 2.43. The van der Waals surface area contributed by atoms with Gasteiger partial charge in [-0.25, -0.2) is 4.57 Å². The number of amides is 1. The molecule has 0 aromatic carbocycles. The van der Waals surface area contributed by atoms with Gasteiger partial charge in [-0.1, -0.05) is 167 Å². The van der Waals surface area contributed by atoms with Crippen LogP contribution in [0.1, 0.15) is 200 Å². The lowest BCUT2D eigenvalue weighted by Gasteiger charge is -2.25. The van der Waals surface area contributed by atoms with Gasteiger partial charge in [-0.2, -0.15) is 0 Å². The summed E-state index contributed by atoms with van der Waals surface area (Å²) in [6.45, 7) is 4.18. The van der Waals surface area contributed by atoms with Crippen molar-refractivity contribution in [3.05, 3.63) is 12.2 Å². The van der Waals surface area contributed by atoms with Crippen molar-refractivity contribution in [2.75, 3.05) is 19.8 Å². The number of aliphatic hydroxyl groups excluding tert-OH is 1. The third-order valence-electron chi connectivity index (χ3n) is 9.12. The minimum Gasteiger partial charge on any atom is -0.391 e. The van der Waals surface area contributed by atoms with Gasteiger partial charge in [0.25, 0.3) is 0 Å². The Labute approximate surface area is 296 Å². The lowest BCUT2D eigenvalue weighted by Crippen LogP contribution is -2.46. The fraction of sp³-hybridized carbons (Fsp3) is 0.923. The van der Waals surface area contributed by atoms with Gasteiger partial charge in [0.1, 0.15) is 0 Å². The summed E-state index contributed by atoms with van der Waals surface area (Å²) in [7, 11) is -4.31. The highest BCUT2D eigenvalue weighted by atomic mass is 31.2. The van der Waals surface area contributed by atoms with E-state index in [2.05, 4.69) is 31.3 Å². The number of carbonyl (C=O) groups excluding carboxylic acids is 1. The van der Waals surface area contributed by atoms with E-state index in [4.69, 9.17) is 14.8 Å². The Bertz CT molecular complexity index is 769. The Kier molecular flexibility index (Phi) is 35.5. The van der Waals surface area contributed by atoms with Crippen molar-refractivity contribution < 1.29 is 28.4 Å². The number of hydrogen-bond acceptors (Lipinski definition) is 6. The van der Waals surface area contributed by atoms with Crippen molar-refractivity contribution in [2.45, 2.75) is 212 Å². The molecule has 3 unspecified atom stereocenters. The zero-order chi connectivity index (χ0) is 35.4. The fourth-order valence-electron chi connectivity index (χ4n) is 6.01. The van der Waals surface area contributed by atoms with Crippen molar-refractivity contribution >= 4 is 13.7 Å². The van der Waals surface area contributed by atoms with Crippen molar-refractivity contribution in [2.24, 2.45) is 5.73 Å². The summed E-state index contributed by atoms with van der Waals surface area (Å²) in [5, 5.41) is 13.8. The number of aliphatic hydroxyl groups is 1. The van der Waals surface area contributed by atoms with Gasteiger partial charge in [0.15, 0.2) is 0 Å². The summed E-state index contributed by atoms with van der Waals surface area (Å²) >= 11 is 0. The second kappa shape index (κ2) is 36.0. The summed E-state index contributed by atoms with van der Waals surface area (Å²) in [5.74, 6) is -0.171. The first kappa shape index (κ1) is 47.2. The molecular weight excluding hydrogens is 623 g/mol. The molecule has 0 aliphatic rings. The maximum Gasteiger partial charge on any atom is 0.472 e. The number of nitrogens with two attached hydrogens (primary N) is 1. The van der Waals surface area contributed by atoms with Gasteiger partial charge in [-0.05, 0) is 38.5 Å². The second-order valence-corrected chi connectivity index (χ2v) is 15.3. The molecule has 0 fully saturated rings. The molecule has 0 aromatic rings. The maximum absolute atomic E-state index is 12.7. The first-order chi connectivity index (χ1) is 23.4. The van der Waals surface area contributed by atoms with Crippen LogP contribution in [0.5, 0.6) is 0 Å². The van der Waals surface area contributed by atoms with Crippen LogP contribution in [-0.2, 0) is 18.4 Å². The molecule has 0 saturated carbocycles. The summed E-state index contributed by atoms with van der Waals surface area (Å²) < 4.78 is 22.1. The van der Waals surface area contributed by atoms with Gasteiger partial charge in [0.05, 0.1) is 25.4 Å². The highest BCUT2D eigenvalue weighted by molar-refractivity contribution is 7.47. The lowest BCUT2D eigenvalue weighted by molar-refractivity contribution is -0.123. The van der Waals surface area contributed by atoms with E-state index < -0.39 is 20.0 Å². The molecule has 0 spiro atoms. The monoisotopic (exact) mass is 703 g/mol. The zero-order valence-corrected chi connectivity index (χ0v) is 32.4. The quantitative estimate of drug-likeness (QED) is 0.0286. The zero-order valence-electron chi connectivity index (χ0n) is 31.5. The van der Waals surface area contributed by atoms with Crippen LogP contribution in [0.2, 0.25) is 0 Å². The Morgan fingerprint density at radius 2 is 1.08 bits per heavy atom. The lowest BCUT2D eigenvalue weighted by atomic mass is 10.0. The largest absolute Gasteiger partial charge is 0.472 e. The molecule has 0 radical (unpaired) electrons. The van der Waals surface area contributed by atoms with Gasteiger partial charge < -0.3 is 21.1 Å². The minimum atomic E-state index is -4.31. The second-order valence-electron chi connectivity index (χ2n) is 13.8. The maximum atomic E-state index is 12.7. The van der Waals surface area contributed by atoms with Crippen LogP contribution in [0.15, 0.2) is 12.2 Å². The Balaban J connectivity index is 4.18. The van der Waals surface area contributed by atoms with Gasteiger partial charge in [0, 0.05) is 13.0 Å². The molecule has 0 bridgehead atoms. The molecule has 48 heavy (non-hydrogen) atoms. The van der Waals surface area contributed by atoms with Gasteiger partial charge in [-0.3, -0.25) is 13.8 Å². The number of rotatable bonds is 38. The average molecular weight is 703 g/mol. The predicted octanol–water partition coefficient (Wildman–Crippen LogP) is 10.8. The topological polar surface area (TPSA) is 131 Å². The molecular formula is C39H79N2O6P. The molecule has 286 valence electrons. The van der Waals surface area contributed by atoms with Crippen LogP contribution in [0.4, 0.5) is 0 Å². The number of carbonyl (C=O) groups is 1. The van der Waals surface area contributed by atoms with E-state index in [1.54, 1.807) is 0 Å². The average Bonchev–Trinajstić information content (AvgIpc) is 3.07. The van der Waals surface area contributed by atoms with Gasteiger partial charge in [0.2, 0.25) is 5.91 Å². The van der Waals surface area contributed by atoms with Crippen LogP contribution in [0.25, 0.3) is 0 Å². The van der Waals surface area contributed by atoms with E-state index in [1.807, 2.05) is 0 Å².